The first-order valence-corrected chi connectivity index (χ1v) is 6.82. The molecular weight excluding hydrogens is 346 g/mol. The van der Waals surface area contributed by atoms with Gasteiger partial charge >= 0.3 is 59.1 Å². The summed E-state index contributed by atoms with van der Waals surface area (Å²) in [5.41, 5.74) is 0. The van der Waals surface area contributed by atoms with Gasteiger partial charge in [-0.05, 0) is 0 Å². The van der Waals surface area contributed by atoms with E-state index in [1.165, 1.54) is 0 Å². The fraction of sp³-hybridized carbons (Fsp3) is 0. The summed E-state index contributed by atoms with van der Waals surface area (Å²) < 4.78 is 64.1. The van der Waals surface area contributed by atoms with E-state index in [0.29, 0.717) is 0 Å². The smallest absolute Gasteiger partial charge is 0.744 e. The van der Waals surface area contributed by atoms with Crippen molar-refractivity contribution in [2.24, 2.45) is 0 Å². The summed E-state index contributed by atoms with van der Waals surface area (Å²) in [5.74, 6) is -2.68. The van der Waals surface area contributed by atoms with Gasteiger partial charge in [0.05, 0.1) is 9.92 Å². The molecule has 0 spiro atoms. The Kier molecular flexibility index (Phi) is 8.50. The Bertz CT molecular complexity index is 684. The molecule has 0 amide bonds. The van der Waals surface area contributed by atoms with Crippen molar-refractivity contribution in [3.63, 3.8) is 0 Å². The number of phenolic OH excluding ortho intramolecular Hbond substituents is 2. The van der Waals surface area contributed by atoms with Gasteiger partial charge in [0.15, 0.2) is 11.5 Å². The molecule has 0 radical (unpaired) electrons. The molecule has 0 unspecified atom stereocenters. The van der Waals surface area contributed by atoms with Gasteiger partial charge in [-0.25, -0.2) is 16.8 Å². The molecule has 0 atom stereocenters. The van der Waals surface area contributed by atoms with Crippen LogP contribution in [0.2, 0.25) is 5.02 Å². The molecule has 0 aliphatic carbocycles. The summed E-state index contributed by atoms with van der Waals surface area (Å²) in [6.45, 7) is 0. The van der Waals surface area contributed by atoms with Gasteiger partial charge in [-0.2, -0.15) is 0 Å². The number of hydrogen-bond acceptors (Lipinski definition) is 8. The van der Waals surface area contributed by atoms with Gasteiger partial charge in [0.25, 0.3) is 0 Å². The second-order valence-corrected chi connectivity index (χ2v) is 5.84. The summed E-state index contributed by atoms with van der Waals surface area (Å²) in [6.07, 6.45) is 0. The van der Waals surface area contributed by atoms with E-state index in [1.807, 2.05) is 0 Å². The molecule has 13 heteroatoms. The van der Waals surface area contributed by atoms with Crippen molar-refractivity contribution in [2.45, 2.75) is 9.79 Å². The molecule has 0 saturated carbocycles. The van der Waals surface area contributed by atoms with Crippen molar-refractivity contribution in [1.82, 2.24) is 0 Å². The maximum Gasteiger partial charge on any atom is 1.00 e. The van der Waals surface area contributed by atoms with Crippen LogP contribution in [0.4, 0.5) is 0 Å². The van der Waals surface area contributed by atoms with E-state index in [2.05, 4.69) is 0 Å². The van der Waals surface area contributed by atoms with Gasteiger partial charge in [-0.1, -0.05) is 11.6 Å². The third-order valence-corrected chi connectivity index (χ3v) is 4.04. The van der Waals surface area contributed by atoms with Crippen molar-refractivity contribution in [1.29, 1.82) is 0 Å². The van der Waals surface area contributed by atoms with Gasteiger partial charge in [-0.3, -0.25) is 0 Å². The molecule has 0 aliphatic heterocycles. The molecule has 1 aromatic carbocycles. The van der Waals surface area contributed by atoms with Crippen molar-refractivity contribution in [3.05, 3.63) is 11.1 Å². The second kappa shape index (κ2) is 7.27. The second-order valence-electron chi connectivity index (χ2n) is 2.79. The Balaban J connectivity index is 0. The molecular formula is C6H3ClNa2O8S2. The Morgan fingerprint density at radius 2 is 1.42 bits per heavy atom. The Labute approximate surface area is 157 Å². The first kappa shape index (κ1) is 22.2. The predicted octanol–water partition coefficient (Wildman–Crippen LogP) is -6.43. The first-order valence-electron chi connectivity index (χ1n) is 3.62. The molecule has 1 rings (SSSR count). The van der Waals surface area contributed by atoms with E-state index in [9.17, 15) is 25.9 Å². The number of hydrogen-bond donors (Lipinski definition) is 2. The zero-order valence-corrected chi connectivity index (χ0v) is 16.0. The van der Waals surface area contributed by atoms with Crippen molar-refractivity contribution in [3.8, 4) is 11.5 Å². The van der Waals surface area contributed by atoms with E-state index in [4.69, 9.17) is 21.8 Å². The molecule has 2 N–H and O–H groups in total. The minimum Gasteiger partial charge on any atom is -0.744 e. The summed E-state index contributed by atoms with van der Waals surface area (Å²) in [6, 6.07) is 0.245. The molecule has 1 aromatic rings. The molecule has 0 heterocycles. The van der Waals surface area contributed by atoms with Gasteiger partial charge in [0.1, 0.15) is 25.1 Å². The van der Waals surface area contributed by atoms with Gasteiger partial charge in [0, 0.05) is 6.07 Å². The Hall–Kier alpha value is 0.930. The van der Waals surface area contributed by atoms with Crippen LogP contribution in [0.3, 0.4) is 0 Å². The first-order chi connectivity index (χ1) is 7.46. The van der Waals surface area contributed by atoms with Gasteiger partial charge in [0.2, 0.25) is 0 Å². The molecule has 0 aromatic heterocycles. The molecule has 0 saturated heterocycles. The Morgan fingerprint density at radius 3 is 1.74 bits per heavy atom. The van der Waals surface area contributed by atoms with Crippen LogP contribution in [-0.2, 0) is 20.2 Å². The molecule has 8 nitrogen and oxygen atoms in total. The minimum atomic E-state index is -5.36. The van der Waals surface area contributed by atoms with Crippen molar-refractivity contribution in [2.75, 3.05) is 0 Å². The molecule has 0 aliphatic rings. The van der Waals surface area contributed by atoms with E-state index in [0.717, 1.165) is 0 Å². The van der Waals surface area contributed by atoms with Crippen LogP contribution in [-0.4, -0.2) is 36.2 Å². The van der Waals surface area contributed by atoms with Crippen LogP contribution in [0, 0.1) is 0 Å². The number of benzene rings is 1. The largest absolute Gasteiger partial charge is 1.00 e. The van der Waals surface area contributed by atoms with Gasteiger partial charge < -0.3 is 19.3 Å². The topological polar surface area (TPSA) is 155 Å². The maximum atomic E-state index is 10.7. The van der Waals surface area contributed by atoms with Crippen LogP contribution in [0.1, 0.15) is 0 Å². The average Bonchev–Trinajstić information content (AvgIpc) is 2.07. The van der Waals surface area contributed by atoms with Crippen molar-refractivity contribution >= 4 is 31.8 Å². The monoisotopic (exact) mass is 348 g/mol. The van der Waals surface area contributed by atoms with Crippen molar-refractivity contribution < 1.29 is 95.3 Å². The quantitative estimate of drug-likeness (QED) is 0.304. The standard InChI is InChI=1S/C6H5ClO8S2.2Na/c7-4-3(16(10,11)12)1-2(8)5(9)6(4)17(13,14)15;;/h1,8-9H,(H,10,11,12)(H,13,14,15);;/q;2*+1/p-2. The average molecular weight is 349 g/mol. The molecule has 0 fully saturated rings. The van der Waals surface area contributed by atoms with Crippen LogP contribution >= 0.6 is 11.6 Å². The maximum absolute atomic E-state index is 10.7. The van der Waals surface area contributed by atoms with Gasteiger partial charge in [-0.15, -0.1) is 0 Å². The van der Waals surface area contributed by atoms with E-state index >= 15 is 0 Å². The van der Waals surface area contributed by atoms with Crippen LogP contribution in [0.5, 0.6) is 11.5 Å². The van der Waals surface area contributed by atoms with Crippen LogP contribution < -0.4 is 59.1 Å². The SMILES string of the molecule is O=S(=O)([O-])c1cc(O)c(O)c(S(=O)(=O)[O-])c1Cl.[Na+].[Na+]. The summed E-state index contributed by atoms with van der Waals surface area (Å²) >= 11 is 5.23. The zero-order valence-electron chi connectivity index (χ0n) is 9.62. The third-order valence-electron chi connectivity index (χ3n) is 1.66. The summed E-state index contributed by atoms with van der Waals surface area (Å²) in [4.78, 5) is -2.88. The molecule has 0 bridgehead atoms. The molecule has 19 heavy (non-hydrogen) atoms. The minimum absolute atomic E-state index is 0. The van der Waals surface area contributed by atoms with E-state index in [1.54, 1.807) is 0 Å². The summed E-state index contributed by atoms with van der Waals surface area (Å²) in [5, 5.41) is 16.9. The zero-order chi connectivity index (χ0) is 13.6. The number of aromatic hydroxyl groups is 2. The van der Waals surface area contributed by atoms with E-state index in [-0.39, 0.29) is 65.2 Å². The Morgan fingerprint density at radius 1 is 1.00 bits per heavy atom. The predicted molar refractivity (Wildman–Crippen MR) is 50.7 cm³/mol. The number of halogens is 1. The van der Waals surface area contributed by atoms with Crippen LogP contribution in [0.15, 0.2) is 15.9 Å². The third kappa shape index (κ3) is 5.00. The fourth-order valence-corrected chi connectivity index (χ4v) is 3.02. The number of rotatable bonds is 2. The fourth-order valence-electron chi connectivity index (χ4n) is 0.998. The normalized spacial score (nSPS) is 11.3. The van der Waals surface area contributed by atoms with Crippen LogP contribution in [0.25, 0.3) is 0 Å². The summed E-state index contributed by atoms with van der Waals surface area (Å²) in [7, 11) is -10.6. The number of phenols is 2. The molecule has 96 valence electrons. The van der Waals surface area contributed by atoms with E-state index < -0.39 is 46.5 Å².